The van der Waals surface area contributed by atoms with Gasteiger partial charge in [0.25, 0.3) is 5.91 Å². The number of nitrogens with one attached hydrogen (secondary N) is 1. The topological polar surface area (TPSA) is 32.3 Å². The first-order valence-corrected chi connectivity index (χ1v) is 7.21. The van der Waals surface area contributed by atoms with Gasteiger partial charge in [-0.1, -0.05) is 13.8 Å². The number of hydrogen-bond donors (Lipinski definition) is 1. The normalized spacial score (nSPS) is 20.8. The van der Waals surface area contributed by atoms with Gasteiger partial charge >= 0.3 is 0 Å². The molecule has 0 saturated carbocycles. The van der Waals surface area contributed by atoms with Crippen molar-refractivity contribution in [3.05, 3.63) is 29.3 Å². The van der Waals surface area contributed by atoms with Crippen LogP contribution in [-0.4, -0.2) is 30.4 Å². The first kappa shape index (κ1) is 12.5. The highest BCUT2D eigenvalue weighted by molar-refractivity contribution is 5.95. The Morgan fingerprint density at radius 2 is 2.21 bits per heavy atom. The third-order valence-corrected chi connectivity index (χ3v) is 4.25. The number of carbonyl (C=O) groups is 1. The predicted octanol–water partition coefficient (Wildman–Crippen LogP) is 2.92. The molecule has 1 N–H and O–H groups in total. The largest absolute Gasteiger partial charge is 0.384 e. The lowest BCUT2D eigenvalue weighted by Gasteiger charge is -2.38. The van der Waals surface area contributed by atoms with Crippen molar-refractivity contribution in [3.8, 4) is 0 Å². The monoisotopic (exact) mass is 258 g/mol. The molecule has 102 valence electrons. The maximum absolute atomic E-state index is 12.6. The Hall–Kier alpha value is -1.51. The Bertz CT molecular complexity index is 507. The van der Waals surface area contributed by atoms with Crippen LogP contribution in [0.25, 0.3) is 0 Å². The smallest absolute Gasteiger partial charge is 0.253 e. The molecule has 3 heteroatoms. The summed E-state index contributed by atoms with van der Waals surface area (Å²) in [6.07, 6.45) is 3.36. The van der Waals surface area contributed by atoms with Crippen molar-refractivity contribution in [2.45, 2.75) is 33.1 Å². The van der Waals surface area contributed by atoms with E-state index in [0.717, 1.165) is 38.0 Å². The third kappa shape index (κ3) is 2.46. The van der Waals surface area contributed by atoms with E-state index in [0.29, 0.717) is 0 Å². The second-order valence-corrected chi connectivity index (χ2v) is 6.54. The number of rotatable bonds is 1. The van der Waals surface area contributed by atoms with E-state index in [9.17, 15) is 4.79 Å². The van der Waals surface area contributed by atoms with Gasteiger partial charge in [0.15, 0.2) is 0 Å². The van der Waals surface area contributed by atoms with Crippen molar-refractivity contribution in [2.75, 3.05) is 25.0 Å². The number of nitrogens with zero attached hydrogens (tertiary/aromatic N) is 1. The van der Waals surface area contributed by atoms with Crippen LogP contribution in [0.1, 0.15) is 42.6 Å². The highest BCUT2D eigenvalue weighted by atomic mass is 16.2. The van der Waals surface area contributed by atoms with Crippen LogP contribution in [0.5, 0.6) is 0 Å². The molecular weight excluding hydrogens is 236 g/mol. The maximum atomic E-state index is 12.6. The van der Waals surface area contributed by atoms with Crippen molar-refractivity contribution in [3.63, 3.8) is 0 Å². The zero-order valence-electron chi connectivity index (χ0n) is 11.8. The number of anilines is 1. The first-order valence-electron chi connectivity index (χ1n) is 7.21. The summed E-state index contributed by atoms with van der Waals surface area (Å²) >= 11 is 0. The predicted molar refractivity (Wildman–Crippen MR) is 77.6 cm³/mol. The van der Waals surface area contributed by atoms with Crippen LogP contribution in [0.15, 0.2) is 18.2 Å². The molecule has 0 aromatic heterocycles. The summed E-state index contributed by atoms with van der Waals surface area (Å²) in [7, 11) is 0. The van der Waals surface area contributed by atoms with E-state index >= 15 is 0 Å². The minimum Gasteiger partial charge on any atom is -0.384 e. The van der Waals surface area contributed by atoms with Crippen LogP contribution in [0.2, 0.25) is 0 Å². The van der Waals surface area contributed by atoms with Crippen LogP contribution >= 0.6 is 0 Å². The lowest BCUT2D eigenvalue weighted by molar-refractivity contribution is 0.0583. The number of benzene rings is 1. The molecule has 1 saturated heterocycles. The fraction of sp³-hybridized carbons (Fsp3) is 0.562. The summed E-state index contributed by atoms with van der Waals surface area (Å²) in [5.74, 6) is 0.197. The van der Waals surface area contributed by atoms with Gasteiger partial charge in [0, 0.05) is 30.9 Å². The van der Waals surface area contributed by atoms with Crippen LogP contribution in [0.3, 0.4) is 0 Å². The molecule has 0 bridgehead atoms. The molecule has 3 rings (SSSR count). The van der Waals surface area contributed by atoms with Gasteiger partial charge in [0.2, 0.25) is 0 Å². The first-order chi connectivity index (χ1) is 9.05. The summed E-state index contributed by atoms with van der Waals surface area (Å²) in [6, 6.07) is 6.07. The van der Waals surface area contributed by atoms with E-state index in [4.69, 9.17) is 0 Å². The van der Waals surface area contributed by atoms with Gasteiger partial charge in [0.1, 0.15) is 0 Å². The Kier molecular flexibility index (Phi) is 3.00. The highest BCUT2D eigenvalue weighted by Gasteiger charge is 2.29. The molecule has 1 aromatic carbocycles. The van der Waals surface area contributed by atoms with Gasteiger partial charge in [-0.25, -0.2) is 0 Å². The van der Waals surface area contributed by atoms with Gasteiger partial charge < -0.3 is 10.2 Å². The molecule has 2 heterocycles. The molecule has 0 atom stereocenters. The number of hydrogen-bond acceptors (Lipinski definition) is 2. The SMILES string of the molecule is CC1(C)CCCN(C(=O)c2ccc3c(c2)CCN3)C1. The standard InChI is InChI=1S/C16H22N2O/c1-16(2)7-3-9-18(11-16)15(19)13-4-5-14-12(10-13)6-8-17-14/h4-5,10,17H,3,6-9,11H2,1-2H3. The van der Waals surface area contributed by atoms with Gasteiger partial charge in [-0.3, -0.25) is 4.79 Å². The zero-order chi connectivity index (χ0) is 13.5. The molecule has 3 nitrogen and oxygen atoms in total. The average molecular weight is 258 g/mol. The van der Waals surface area contributed by atoms with Crippen molar-refractivity contribution in [2.24, 2.45) is 5.41 Å². The van der Waals surface area contributed by atoms with Gasteiger partial charge in [-0.2, -0.15) is 0 Å². The molecule has 0 spiro atoms. The van der Waals surface area contributed by atoms with Crippen molar-refractivity contribution < 1.29 is 4.79 Å². The number of piperidine rings is 1. The Morgan fingerprint density at radius 1 is 1.37 bits per heavy atom. The van der Waals surface area contributed by atoms with Crippen molar-refractivity contribution in [1.82, 2.24) is 4.90 Å². The summed E-state index contributed by atoms with van der Waals surface area (Å²) in [6.45, 7) is 7.26. The summed E-state index contributed by atoms with van der Waals surface area (Å²) < 4.78 is 0. The van der Waals surface area contributed by atoms with E-state index in [2.05, 4.69) is 25.2 Å². The molecule has 1 aromatic rings. The Balaban J connectivity index is 1.80. The van der Waals surface area contributed by atoms with Crippen LogP contribution in [-0.2, 0) is 6.42 Å². The van der Waals surface area contributed by atoms with E-state index in [1.165, 1.54) is 17.7 Å². The lowest BCUT2D eigenvalue weighted by Crippen LogP contribution is -2.43. The Morgan fingerprint density at radius 3 is 3.00 bits per heavy atom. The number of amides is 1. The maximum Gasteiger partial charge on any atom is 0.253 e. The highest BCUT2D eigenvalue weighted by Crippen LogP contribution is 2.30. The molecular formula is C16H22N2O. The third-order valence-electron chi connectivity index (χ3n) is 4.25. The quantitative estimate of drug-likeness (QED) is 0.840. The van der Waals surface area contributed by atoms with Crippen molar-refractivity contribution >= 4 is 11.6 Å². The van der Waals surface area contributed by atoms with E-state index in [1.807, 2.05) is 17.0 Å². The molecule has 2 aliphatic heterocycles. The second-order valence-electron chi connectivity index (χ2n) is 6.54. The fourth-order valence-corrected chi connectivity index (χ4v) is 3.22. The van der Waals surface area contributed by atoms with E-state index < -0.39 is 0 Å². The van der Waals surface area contributed by atoms with Crippen molar-refractivity contribution in [1.29, 1.82) is 0 Å². The fourth-order valence-electron chi connectivity index (χ4n) is 3.22. The zero-order valence-corrected chi connectivity index (χ0v) is 11.8. The minimum atomic E-state index is 0.197. The molecule has 2 aliphatic rings. The Labute approximate surface area is 115 Å². The summed E-state index contributed by atoms with van der Waals surface area (Å²) in [5, 5.41) is 3.33. The van der Waals surface area contributed by atoms with Crippen LogP contribution in [0, 0.1) is 5.41 Å². The molecule has 0 radical (unpaired) electrons. The molecule has 0 aliphatic carbocycles. The second kappa shape index (κ2) is 4.55. The molecule has 1 amide bonds. The molecule has 1 fully saturated rings. The summed E-state index contributed by atoms with van der Waals surface area (Å²) in [4.78, 5) is 14.6. The van der Waals surface area contributed by atoms with E-state index in [1.54, 1.807) is 0 Å². The summed E-state index contributed by atoms with van der Waals surface area (Å²) in [5.41, 5.74) is 3.57. The number of fused-ring (bicyclic) bond motifs is 1. The number of carbonyl (C=O) groups excluding carboxylic acids is 1. The molecule has 0 unspecified atom stereocenters. The van der Waals surface area contributed by atoms with Crippen LogP contribution in [0.4, 0.5) is 5.69 Å². The van der Waals surface area contributed by atoms with E-state index in [-0.39, 0.29) is 11.3 Å². The van der Waals surface area contributed by atoms with Gasteiger partial charge in [0.05, 0.1) is 0 Å². The van der Waals surface area contributed by atoms with Gasteiger partial charge in [-0.15, -0.1) is 0 Å². The number of likely N-dealkylation sites (tertiary alicyclic amines) is 1. The van der Waals surface area contributed by atoms with Gasteiger partial charge in [-0.05, 0) is 48.4 Å². The molecule has 19 heavy (non-hydrogen) atoms. The van der Waals surface area contributed by atoms with Crippen LogP contribution < -0.4 is 5.32 Å². The minimum absolute atomic E-state index is 0.197. The lowest BCUT2D eigenvalue weighted by atomic mass is 9.84. The average Bonchev–Trinajstić information content (AvgIpc) is 2.83.